The van der Waals surface area contributed by atoms with Crippen molar-refractivity contribution < 1.29 is 4.79 Å². The van der Waals surface area contributed by atoms with E-state index in [4.69, 9.17) is 11.6 Å². The second-order valence-electron chi connectivity index (χ2n) is 4.72. The van der Waals surface area contributed by atoms with Gasteiger partial charge in [0.25, 0.3) is 0 Å². The molecule has 0 bridgehead atoms. The maximum Gasteiger partial charge on any atom is 0.244 e. The molecule has 2 rings (SSSR count). The van der Waals surface area contributed by atoms with Gasteiger partial charge in [-0.2, -0.15) is 0 Å². The molecular formula is C14H15BrClN3O. The van der Waals surface area contributed by atoms with Crippen LogP contribution in [0.3, 0.4) is 0 Å². The Morgan fingerprint density at radius 1 is 1.35 bits per heavy atom. The van der Waals surface area contributed by atoms with Gasteiger partial charge >= 0.3 is 0 Å². The third-order valence-corrected chi connectivity index (χ3v) is 3.93. The topological polar surface area (TPSA) is 45.2 Å². The number of benzene rings is 1. The summed E-state index contributed by atoms with van der Waals surface area (Å²) in [5.41, 5.74) is 0.704. The Labute approximate surface area is 131 Å². The van der Waals surface area contributed by atoms with Gasteiger partial charge in [0.1, 0.15) is 11.9 Å². The summed E-state index contributed by atoms with van der Waals surface area (Å²) in [6.45, 7) is 1.80. The first-order valence-electron chi connectivity index (χ1n) is 6.12. The predicted molar refractivity (Wildman–Crippen MR) is 86.2 cm³/mol. The summed E-state index contributed by atoms with van der Waals surface area (Å²) in [7, 11) is 3.45. The highest BCUT2D eigenvalue weighted by Crippen LogP contribution is 2.29. The normalized spacial score (nSPS) is 12.2. The molecule has 2 aromatic rings. The fraction of sp³-hybridized carbons (Fsp3) is 0.286. The van der Waals surface area contributed by atoms with Crippen LogP contribution in [0.25, 0.3) is 10.9 Å². The first kappa shape index (κ1) is 15.1. The molecule has 20 heavy (non-hydrogen) atoms. The monoisotopic (exact) mass is 355 g/mol. The number of hydrogen-bond donors (Lipinski definition) is 1. The molecule has 0 unspecified atom stereocenters. The van der Waals surface area contributed by atoms with Crippen LogP contribution in [-0.2, 0) is 4.79 Å². The lowest BCUT2D eigenvalue weighted by atomic mass is 10.2. The molecular weight excluding hydrogens is 342 g/mol. The van der Waals surface area contributed by atoms with Crippen molar-refractivity contribution in [2.75, 3.05) is 19.4 Å². The number of fused-ring (bicyclic) bond motifs is 1. The Kier molecular flexibility index (Phi) is 4.50. The molecule has 0 aliphatic carbocycles. The van der Waals surface area contributed by atoms with Crippen LogP contribution >= 0.6 is 27.5 Å². The van der Waals surface area contributed by atoms with Gasteiger partial charge in [-0.05, 0) is 31.2 Å². The highest BCUT2D eigenvalue weighted by Gasteiger charge is 2.15. The van der Waals surface area contributed by atoms with Crippen LogP contribution in [0, 0.1) is 0 Å². The number of amides is 1. The average Bonchev–Trinajstić information content (AvgIpc) is 2.42. The van der Waals surface area contributed by atoms with Crippen LogP contribution in [-0.4, -0.2) is 35.9 Å². The van der Waals surface area contributed by atoms with Crippen LogP contribution in [0.1, 0.15) is 6.92 Å². The number of nitrogens with one attached hydrogen (secondary N) is 1. The fourth-order valence-electron chi connectivity index (χ4n) is 1.90. The Hall–Kier alpha value is -1.33. The van der Waals surface area contributed by atoms with E-state index in [1.54, 1.807) is 32.0 Å². The van der Waals surface area contributed by atoms with E-state index in [-0.39, 0.29) is 11.9 Å². The molecule has 106 valence electrons. The molecule has 1 heterocycles. The molecule has 1 atom stereocenters. The molecule has 1 aromatic heterocycles. The Morgan fingerprint density at radius 3 is 2.70 bits per heavy atom. The Bertz CT molecular complexity index is 660. The molecule has 0 spiro atoms. The van der Waals surface area contributed by atoms with Gasteiger partial charge in [-0.1, -0.05) is 27.5 Å². The largest absolute Gasteiger partial charge is 0.359 e. The van der Waals surface area contributed by atoms with Crippen LogP contribution in [0.5, 0.6) is 0 Å². The molecule has 0 saturated heterocycles. The molecule has 0 fully saturated rings. The Balaban J connectivity index is 2.33. The van der Waals surface area contributed by atoms with Gasteiger partial charge in [0, 0.05) is 24.0 Å². The van der Waals surface area contributed by atoms with Crippen LogP contribution < -0.4 is 5.32 Å². The highest BCUT2D eigenvalue weighted by molar-refractivity contribution is 9.10. The maximum absolute atomic E-state index is 11.8. The van der Waals surface area contributed by atoms with Crippen molar-refractivity contribution in [1.82, 2.24) is 9.88 Å². The van der Waals surface area contributed by atoms with E-state index < -0.39 is 0 Å². The number of pyridine rings is 1. The fourth-order valence-corrected chi connectivity index (χ4v) is 2.56. The number of aromatic nitrogens is 1. The van der Waals surface area contributed by atoms with Gasteiger partial charge in [0.15, 0.2) is 0 Å². The van der Waals surface area contributed by atoms with E-state index in [1.165, 1.54) is 0 Å². The number of likely N-dealkylation sites (N-methyl/N-ethyl adjacent to an activating group) is 1. The number of carbonyl (C=O) groups excluding carboxylic acids is 1. The van der Waals surface area contributed by atoms with Crippen molar-refractivity contribution in [3.05, 3.63) is 33.8 Å². The summed E-state index contributed by atoms with van der Waals surface area (Å²) in [5.74, 6) is 0.618. The molecule has 0 saturated carbocycles. The third kappa shape index (κ3) is 3.04. The van der Waals surface area contributed by atoms with Gasteiger partial charge in [-0.25, -0.2) is 4.98 Å². The van der Waals surface area contributed by atoms with E-state index in [9.17, 15) is 4.79 Å². The lowest BCUT2D eigenvalue weighted by Gasteiger charge is -2.18. The maximum atomic E-state index is 11.8. The zero-order chi connectivity index (χ0) is 14.9. The molecule has 4 nitrogen and oxygen atoms in total. The first-order chi connectivity index (χ1) is 9.40. The molecule has 1 aromatic carbocycles. The second-order valence-corrected chi connectivity index (χ2v) is 5.98. The summed E-state index contributed by atoms with van der Waals surface area (Å²) in [6.07, 6.45) is 0. The number of carbonyl (C=O) groups is 1. The lowest BCUT2D eigenvalue weighted by Crippen LogP contribution is -2.36. The van der Waals surface area contributed by atoms with Gasteiger partial charge in [-0.3, -0.25) is 4.79 Å². The van der Waals surface area contributed by atoms with Crippen molar-refractivity contribution in [1.29, 1.82) is 0 Å². The van der Waals surface area contributed by atoms with E-state index >= 15 is 0 Å². The van der Waals surface area contributed by atoms with Gasteiger partial charge in [-0.15, -0.1) is 0 Å². The quantitative estimate of drug-likeness (QED) is 0.915. The van der Waals surface area contributed by atoms with Gasteiger partial charge in [0.05, 0.1) is 10.5 Å². The number of anilines is 1. The van der Waals surface area contributed by atoms with Gasteiger partial charge < -0.3 is 10.2 Å². The summed E-state index contributed by atoms with van der Waals surface area (Å²) >= 11 is 9.63. The minimum absolute atomic E-state index is 0.00719. The zero-order valence-corrected chi connectivity index (χ0v) is 13.8. The molecule has 6 heteroatoms. The van der Waals surface area contributed by atoms with E-state index in [0.29, 0.717) is 16.4 Å². The summed E-state index contributed by atoms with van der Waals surface area (Å²) in [4.78, 5) is 17.9. The van der Waals surface area contributed by atoms with Crippen molar-refractivity contribution in [2.45, 2.75) is 13.0 Å². The average molecular weight is 357 g/mol. The second kappa shape index (κ2) is 5.97. The van der Waals surface area contributed by atoms with Crippen molar-refractivity contribution in [3.63, 3.8) is 0 Å². The summed E-state index contributed by atoms with van der Waals surface area (Å²) < 4.78 is 0.938. The molecule has 0 radical (unpaired) electrons. The van der Waals surface area contributed by atoms with Crippen LogP contribution in [0.15, 0.2) is 28.7 Å². The minimum atomic E-state index is -0.346. The molecule has 0 aliphatic heterocycles. The highest BCUT2D eigenvalue weighted by atomic mass is 79.9. The minimum Gasteiger partial charge on any atom is -0.359 e. The standard InChI is InChI=1S/C14H15BrClN3O/c1-8(14(20)19(2)3)17-12-7-4-9-10(15)5-6-11(16)13(9)18-12/h4-8H,1-3H3,(H,17,18)/t8-/m0/s1. The Morgan fingerprint density at radius 2 is 2.05 bits per heavy atom. The summed E-state index contributed by atoms with van der Waals surface area (Å²) in [6, 6.07) is 7.09. The molecule has 0 aliphatic rings. The van der Waals surface area contributed by atoms with Crippen LogP contribution in [0.2, 0.25) is 5.02 Å². The third-order valence-electron chi connectivity index (χ3n) is 2.93. The number of halogens is 2. The summed E-state index contributed by atoms with van der Waals surface area (Å²) in [5, 5.41) is 4.61. The van der Waals surface area contributed by atoms with Gasteiger partial charge in [0.2, 0.25) is 5.91 Å². The molecule has 1 amide bonds. The SMILES string of the molecule is C[C@H](Nc1ccc2c(Br)ccc(Cl)c2n1)C(=O)N(C)C. The smallest absolute Gasteiger partial charge is 0.244 e. The van der Waals surface area contributed by atoms with Crippen molar-refractivity contribution in [3.8, 4) is 0 Å². The van der Waals surface area contributed by atoms with E-state index in [0.717, 1.165) is 9.86 Å². The van der Waals surface area contributed by atoms with E-state index in [1.807, 2.05) is 18.2 Å². The van der Waals surface area contributed by atoms with E-state index in [2.05, 4.69) is 26.2 Å². The number of hydrogen-bond acceptors (Lipinski definition) is 3. The van der Waals surface area contributed by atoms with Crippen LogP contribution in [0.4, 0.5) is 5.82 Å². The number of nitrogens with zero attached hydrogens (tertiary/aromatic N) is 2. The first-order valence-corrected chi connectivity index (χ1v) is 7.29. The molecule has 1 N–H and O–H groups in total. The van der Waals surface area contributed by atoms with Crippen molar-refractivity contribution >= 4 is 50.2 Å². The predicted octanol–water partition coefficient (Wildman–Crippen LogP) is 3.54. The zero-order valence-electron chi connectivity index (χ0n) is 11.4. The number of rotatable bonds is 3. The van der Waals surface area contributed by atoms with Crippen molar-refractivity contribution in [2.24, 2.45) is 0 Å². The lowest BCUT2D eigenvalue weighted by molar-refractivity contribution is -0.129.